The molecule has 0 bridgehead atoms. The summed E-state index contributed by atoms with van der Waals surface area (Å²) in [5.74, 6) is -1.03. The third-order valence-corrected chi connectivity index (χ3v) is 1.23. The Morgan fingerprint density at radius 1 is 1.90 bits per heavy atom. The maximum atomic E-state index is 10.7. The molecule has 0 radical (unpaired) electrons. The van der Waals surface area contributed by atoms with Crippen molar-refractivity contribution in [3.05, 3.63) is 0 Å². The second kappa shape index (κ2) is 5.46. The van der Waals surface area contributed by atoms with Crippen molar-refractivity contribution in [2.45, 2.75) is 0 Å². The predicted octanol–water partition coefficient (Wildman–Crippen LogP) is -0.489. The minimum atomic E-state index is -0.567. The van der Waals surface area contributed by atoms with Gasteiger partial charge >= 0.3 is 5.97 Å². The van der Waals surface area contributed by atoms with Crippen LogP contribution in [-0.4, -0.2) is 31.3 Å². The fourth-order valence-corrected chi connectivity index (χ4v) is 0.668. The zero-order valence-electron chi connectivity index (χ0n) is 5.63. The molecule has 0 amide bonds. The van der Waals surface area contributed by atoms with Gasteiger partial charge in [-0.05, 0) is 11.8 Å². The van der Waals surface area contributed by atoms with Gasteiger partial charge in [0.05, 0.1) is 19.6 Å². The highest BCUT2D eigenvalue weighted by Crippen LogP contribution is 1.95. The number of hydrogen-bond acceptors (Lipinski definition) is 4. The molecule has 2 N–H and O–H groups in total. The molecule has 0 heterocycles. The Bertz CT molecular complexity index is 109. The standard InChI is InChI=1S/C5H10ClNO3/c1-10-5(9)4(3-8)2-7-6/h4,7-8H,2-3H2,1H3. The van der Waals surface area contributed by atoms with Crippen LogP contribution < -0.4 is 4.84 Å². The van der Waals surface area contributed by atoms with Crippen molar-refractivity contribution in [1.29, 1.82) is 0 Å². The van der Waals surface area contributed by atoms with Gasteiger partial charge in [0, 0.05) is 6.54 Å². The third kappa shape index (κ3) is 3.00. The lowest BCUT2D eigenvalue weighted by Crippen LogP contribution is -2.28. The van der Waals surface area contributed by atoms with E-state index in [4.69, 9.17) is 16.9 Å². The lowest BCUT2D eigenvalue weighted by atomic mass is 10.2. The number of methoxy groups -OCH3 is 1. The Morgan fingerprint density at radius 3 is 2.80 bits per heavy atom. The van der Waals surface area contributed by atoms with E-state index in [1.54, 1.807) is 0 Å². The van der Waals surface area contributed by atoms with Gasteiger partial charge in [-0.2, -0.15) is 0 Å². The van der Waals surface area contributed by atoms with Gasteiger partial charge in [-0.1, -0.05) is 0 Å². The number of aliphatic hydroxyl groups excluding tert-OH is 1. The van der Waals surface area contributed by atoms with Gasteiger partial charge in [0.15, 0.2) is 0 Å². The van der Waals surface area contributed by atoms with Crippen LogP contribution in [0.5, 0.6) is 0 Å². The summed E-state index contributed by atoms with van der Waals surface area (Å²) in [6, 6.07) is 0. The number of hydrogen-bond donors (Lipinski definition) is 2. The zero-order chi connectivity index (χ0) is 7.98. The molecule has 0 saturated heterocycles. The van der Waals surface area contributed by atoms with Crippen LogP contribution in [0.25, 0.3) is 0 Å². The number of carbonyl (C=O) groups excluding carboxylic acids is 1. The van der Waals surface area contributed by atoms with Gasteiger partial charge in [0.25, 0.3) is 0 Å². The van der Waals surface area contributed by atoms with Crippen molar-refractivity contribution >= 4 is 17.7 Å². The molecule has 1 unspecified atom stereocenters. The van der Waals surface area contributed by atoms with E-state index < -0.39 is 11.9 Å². The minimum absolute atomic E-state index is 0.213. The molecule has 0 aliphatic rings. The molecule has 0 aromatic rings. The molecule has 10 heavy (non-hydrogen) atoms. The Kier molecular flexibility index (Phi) is 5.29. The van der Waals surface area contributed by atoms with Gasteiger partial charge in [0.1, 0.15) is 0 Å². The van der Waals surface area contributed by atoms with Crippen LogP contribution in [-0.2, 0) is 9.53 Å². The van der Waals surface area contributed by atoms with Crippen molar-refractivity contribution in [1.82, 2.24) is 4.84 Å². The van der Waals surface area contributed by atoms with Crippen LogP contribution in [0.3, 0.4) is 0 Å². The summed E-state index contributed by atoms with van der Waals surface area (Å²) < 4.78 is 4.36. The van der Waals surface area contributed by atoms with E-state index in [2.05, 4.69) is 9.57 Å². The van der Waals surface area contributed by atoms with Crippen LogP contribution in [0, 0.1) is 5.92 Å². The molecule has 60 valence electrons. The first-order valence-corrected chi connectivity index (χ1v) is 3.16. The van der Waals surface area contributed by atoms with Crippen LogP contribution in [0.4, 0.5) is 0 Å². The first-order chi connectivity index (χ1) is 4.76. The summed E-state index contributed by atoms with van der Waals surface area (Å²) in [6.45, 7) is -0.0445. The van der Waals surface area contributed by atoms with Gasteiger partial charge in [-0.25, -0.2) is 4.84 Å². The smallest absolute Gasteiger partial charge is 0.312 e. The number of carbonyl (C=O) groups is 1. The topological polar surface area (TPSA) is 58.6 Å². The van der Waals surface area contributed by atoms with Crippen molar-refractivity contribution < 1.29 is 14.6 Å². The average Bonchev–Trinajstić information content (AvgIpc) is 1.99. The molecule has 0 aromatic heterocycles. The molecule has 1 atom stereocenters. The first-order valence-electron chi connectivity index (χ1n) is 2.78. The summed E-state index contributed by atoms with van der Waals surface area (Å²) in [7, 11) is 1.26. The summed E-state index contributed by atoms with van der Waals surface area (Å²) in [4.78, 5) is 12.9. The van der Waals surface area contributed by atoms with E-state index in [1.165, 1.54) is 7.11 Å². The Balaban J connectivity index is 3.68. The number of aliphatic hydroxyl groups is 1. The molecule has 0 saturated carbocycles. The number of nitrogens with one attached hydrogen (secondary N) is 1. The van der Waals surface area contributed by atoms with Crippen molar-refractivity contribution in [3.63, 3.8) is 0 Å². The second-order valence-corrected chi connectivity index (χ2v) is 2.01. The molecule has 0 aliphatic heterocycles. The summed E-state index contributed by atoms with van der Waals surface area (Å²) in [5, 5.41) is 8.56. The molecule has 0 rings (SSSR count). The maximum absolute atomic E-state index is 10.7. The van der Waals surface area contributed by atoms with E-state index in [9.17, 15) is 4.79 Å². The number of ether oxygens (including phenoxy) is 1. The van der Waals surface area contributed by atoms with Crippen LogP contribution in [0.1, 0.15) is 0 Å². The number of halogens is 1. The second-order valence-electron chi connectivity index (χ2n) is 1.74. The van der Waals surface area contributed by atoms with Crippen molar-refractivity contribution in [2.75, 3.05) is 20.3 Å². The quantitative estimate of drug-likeness (QED) is 0.438. The van der Waals surface area contributed by atoms with Gasteiger partial charge in [-0.3, -0.25) is 4.79 Å². The molecule has 5 heteroatoms. The van der Waals surface area contributed by atoms with Gasteiger partial charge in [0.2, 0.25) is 0 Å². The van der Waals surface area contributed by atoms with E-state index in [0.717, 1.165) is 0 Å². The Hall–Kier alpha value is -0.320. The van der Waals surface area contributed by atoms with Gasteiger partial charge < -0.3 is 9.84 Å². The lowest BCUT2D eigenvalue weighted by molar-refractivity contribution is -0.146. The van der Waals surface area contributed by atoms with E-state index in [-0.39, 0.29) is 13.2 Å². The minimum Gasteiger partial charge on any atom is -0.469 e. The Morgan fingerprint density at radius 2 is 2.50 bits per heavy atom. The fourth-order valence-electron chi connectivity index (χ4n) is 0.482. The highest BCUT2D eigenvalue weighted by atomic mass is 35.5. The maximum Gasteiger partial charge on any atom is 0.312 e. The van der Waals surface area contributed by atoms with Crippen LogP contribution >= 0.6 is 11.8 Å². The van der Waals surface area contributed by atoms with Crippen molar-refractivity contribution in [2.24, 2.45) is 5.92 Å². The molecular weight excluding hydrogens is 158 g/mol. The normalized spacial score (nSPS) is 12.7. The third-order valence-electron chi connectivity index (χ3n) is 1.08. The largest absolute Gasteiger partial charge is 0.469 e. The lowest BCUT2D eigenvalue weighted by Gasteiger charge is -2.08. The zero-order valence-corrected chi connectivity index (χ0v) is 6.39. The molecule has 0 aliphatic carbocycles. The summed E-state index contributed by atoms with van der Waals surface area (Å²) in [6.07, 6.45) is 0. The van der Waals surface area contributed by atoms with E-state index >= 15 is 0 Å². The summed E-state index contributed by atoms with van der Waals surface area (Å²) >= 11 is 5.11. The monoisotopic (exact) mass is 167 g/mol. The molecule has 0 spiro atoms. The SMILES string of the molecule is COC(=O)C(CO)CNCl. The molecule has 0 fully saturated rings. The van der Waals surface area contributed by atoms with E-state index in [1.807, 2.05) is 0 Å². The molecule has 0 aromatic carbocycles. The molecule has 4 nitrogen and oxygen atoms in total. The summed E-state index contributed by atoms with van der Waals surface area (Å²) in [5.41, 5.74) is 0. The van der Waals surface area contributed by atoms with Gasteiger partial charge in [-0.15, -0.1) is 0 Å². The average molecular weight is 168 g/mol. The highest BCUT2D eigenvalue weighted by Gasteiger charge is 2.16. The fraction of sp³-hybridized carbons (Fsp3) is 0.800. The predicted molar refractivity (Wildman–Crippen MR) is 36.4 cm³/mol. The van der Waals surface area contributed by atoms with Crippen LogP contribution in [0.2, 0.25) is 0 Å². The van der Waals surface area contributed by atoms with E-state index in [0.29, 0.717) is 0 Å². The Labute approximate surface area is 64.2 Å². The number of rotatable bonds is 4. The highest BCUT2D eigenvalue weighted by molar-refractivity contribution is 6.13. The van der Waals surface area contributed by atoms with Crippen LogP contribution in [0.15, 0.2) is 0 Å². The molecular formula is C5H10ClNO3. The van der Waals surface area contributed by atoms with Crippen molar-refractivity contribution in [3.8, 4) is 0 Å². The number of esters is 1. The first kappa shape index (κ1) is 9.68.